The van der Waals surface area contributed by atoms with Crippen molar-refractivity contribution in [1.29, 1.82) is 0 Å². The third kappa shape index (κ3) is 4.73. The molecule has 0 spiro atoms. The number of amides is 1. The number of aliphatic hydroxyl groups excluding tert-OH is 1. The number of aliphatic hydroxyl groups is 1. The van der Waals surface area contributed by atoms with Crippen molar-refractivity contribution in [2.75, 3.05) is 7.11 Å². The molecule has 1 aliphatic rings. The zero-order valence-corrected chi connectivity index (χ0v) is 14.1. The Morgan fingerprint density at radius 2 is 2.08 bits per heavy atom. The molecular weight excluding hydrogens is 324 g/mol. The maximum atomic E-state index is 12.2. The fourth-order valence-electron chi connectivity index (χ4n) is 2.80. The van der Waals surface area contributed by atoms with Gasteiger partial charge in [-0.1, -0.05) is 6.07 Å². The van der Waals surface area contributed by atoms with Crippen LogP contribution in [0.15, 0.2) is 34.9 Å². The minimum absolute atomic E-state index is 0.0732. The molecule has 134 valence electrons. The number of rotatable bonds is 6. The molecule has 0 radical (unpaired) electrons. The van der Waals surface area contributed by atoms with Crippen molar-refractivity contribution < 1.29 is 23.8 Å². The van der Waals surface area contributed by atoms with Gasteiger partial charge in [-0.15, -0.1) is 0 Å². The summed E-state index contributed by atoms with van der Waals surface area (Å²) in [5.74, 6) is 1.39. The maximum Gasteiger partial charge on any atom is 0.273 e. The van der Waals surface area contributed by atoms with Crippen molar-refractivity contribution in [3.8, 4) is 11.5 Å². The first-order valence-corrected chi connectivity index (χ1v) is 8.34. The van der Waals surface area contributed by atoms with Crippen LogP contribution in [0.3, 0.4) is 0 Å². The molecule has 1 aromatic heterocycles. The predicted octanol–water partition coefficient (Wildman–Crippen LogP) is 2.30. The van der Waals surface area contributed by atoms with Crippen LogP contribution in [0.2, 0.25) is 0 Å². The van der Waals surface area contributed by atoms with E-state index in [0.29, 0.717) is 30.2 Å². The van der Waals surface area contributed by atoms with Gasteiger partial charge >= 0.3 is 0 Å². The normalized spacial score (nSPS) is 20.1. The van der Waals surface area contributed by atoms with Crippen LogP contribution in [0.25, 0.3) is 0 Å². The summed E-state index contributed by atoms with van der Waals surface area (Å²) in [6, 6.07) is 7.28. The summed E-state index contributed by atoms with van der Waals surface area (Å²) in [4.78, 5) is 16.4. The first-order chi connectivity index (χ1) is 12.1. The standard InChI is InChI=1S/C18H22N2O5/c1-23-14-3-2-4-15(9-14)24-11-17-20-16(10-25-17)18(22)19-12-5-7-13(21)8-6-12/h2-4,9-10,12-13,21H,5-8,11H2,1H3,(H,19,22). The second kappa shape index (κ2) is 8.02. The van der Waals surface area contributed by atoms with Gasteiger partial charge in [0.15, 0.2) is 12.3 Å². The van der Waals surface area contributed by atoms with E-state index in [1.807, 2.05) is 12.1 Å². The van der Waals surface area contributed by atoms with Crippen molar-refractivity contribution in [3.63, 3.8) is 0 Å². The number of hydrogen-bond donors (Lipinski definition) is 2. The molecule has 2 N–H and O–H groups in total. The largest absolute Gasteiger partial charge is 0.497 e. The lowest BCUT2D eigenvalue weighted by Crippen LogP contribution is -2.38. The number of nitrogens with one attached hydrogen (secondary N) is 1. The number of benzene rings is 1. The van der Waals surface area contributed by atoms with Crippen LogP contribution in [0.5, 0.6) is 11.5 Å². The van der Waals surface area contributed by atoms with Crippen LogP contribution in [0, 0.1) is 0 Å². The smallest absolute Gasteiger partial charge is 0.273 e. The second-order valence-electron chi connectivity index (χ2n) is 6.07. The van der Waals surface area contributed by atoms with E-state index in [9.17, 15) is 9.90 Å². The monoisotopic (exact) mass is 346 g/mol. The summed E-state index contributed by atoms with van der Waals surface area (Å²) < 4.78 is 16.0. The first-order valence-electron chi connectivity index (χ1n) is 8.34. The predicted molar refractivity (Wildman–Crippen MR) is 89.6 cm³/mol. The van der Waals surface area contributed by atoms with Crippen molar-refractivity contribution in [1.82, 2.24) is 10.3 Å². The quantitative estimate of drug-likeness (QED) is 0.833. The molecule has 2 aromatic rings. The van der Waals surface area contributed by atoms with E-state index < -0.39 is 0 Å². The molecule has 0 bridgehead atoms. The van der Waals surface area contributed by atoms with Crippen molar-refractivity contribution >= 4 is 5.91 Å². The van der Waals surface area contributed by atoms with Gasteiger partial charge in [0.05, 0.1) is 13.2 Å². The maximum absolute atomic E-state index is 12.2. The highest BCUT2D eigenvalue weighted by atomic mass is 16.5. The molecular formula is C18H22N2O5. The molecule has 0 unspecified atom stereocenters. The zero-order valence-electron chi connectivity index (χ0n) is 14.1. The van der Waals surface area contributed by atoms with Gasteiger partial charge in [-0.05, 0) is 37.8 Å². The molecule has 1 fully saturated rings. The first kappa shape index (κ1) is 17.3. The topological polar surface area (TPSA) is 93.8 Å². The fraction of sp³-hybridized carbons (Fsp3) is 0.444. The molecule has 0 saturated heterocycles. The average Bonchev–Trinajstić information content (AvgIpc) is 3.11. The fourth-order valence-corrected chi connectivity index (χ4v) is 2.80. The number of aromatic nitrogens is 1. The average molecular weight is 346 g/mol. The highest BCUT2D eigenvalue weighted by Gasteiger charge is 2.22. The molecule has 1 saturated carbocycles. The number of carbonyl (C=O) groups is 1. The van der Waals surface area contributed by atoms with Gasteiger partial charge in [-0.3, -0.25) is 4.79 Å². The minimum Gasteiger partial charge on any atom is -0.497 e. The minimum atomic E-state index is -0.266. The Hall–Kier alpha value is -2.54. The van der Waals surface area contributed by atoms with Gasteiger partial charge in [0.2, 0.25) is 5.89 Å². The lowest BCUT2D eigenvalue weighted by Gasteiger charge is -2.25. The summed E-state index contributed by atoms with van der Waals surface area (Å²) in [6.45, 7) is 0.121. The Bertz CT molecular complexity index is 707. The number of carbonyl (C=O) groups excluding carboxylic acids is 1. The number of oxazole rings is 1. The van der Waals surface area contributed by atoms with Crippen LogP contribution >= 0.6 is 0 Å². The highest BCUT2D eigenvalue weighted by Crippen LogP contribution is 2.20. The van der Waals surface area contributed by atoms with Crippen LogP contribution in [0.1, 0.15) is 42.1 Å². The van der Waals surface area contributed by atoms with Crippen molar-refractivity contribution in [2.24, 2.45) is 0 Å². The van der Waals surface area contributed by atoms with Crippen LogP contribution < -0.4 is 14.8 Å². The van der Waals surface area contributed by atoms with Gasteiger partial charge < -0.3 is 24.3 Å². The number of nitrogens with zero attached hydrogens (tertiary/aromatic N) is 1. The van der Waals surface area contributed by atoms with Crippen molar-refractivity contribution in [2.45, 2.75) is 44.4 Å². The number of ether oxygens (including phenoxy) is 2. The van der Waals surface area contributed by atoms with Gasteiger partial charge in [0, 0.05) is 12.1 Å². The molecule has 0 aliphatic heterocycles. The number of methoxy groups -OCH3 is 1. The lowest BCUT2D eigenvalue weighted by atomic mass is 9.93. The summed E-state index contributed by atoms with van der Waals surface area (Å²) in [5, 5.41) is 12.4. The van der Waals surface area contributed by atoms with Crippen LogP contribution in [-0.4, -0.2) is 35.3 Å². The van der Waals surface area contributed by atoms with Gasteiger partial charge in [0.1, 0.15) is 17.8 Å². The van der Waals surface area contributed by atoms with E-state index in [1.165, 1.54) is 6.26 Å². The second-order valence-corrected chi connectivity index (χ2v) is 6.07. The molecule has 7 heteroatoms. The van der Waals surface area contributed by atoms with E-state index >= 15 is 0 Å². The lowest BCUT2D eigenvalue weighted by molar-refractivity contribution is 0.0863. The molecule has 1 heterocycles. The van der Waals surface area contributed by atoms with Gasteiger partial charge in [0.25, 0.3) is 5.91 Å². The molecule has 0 atom stereocenters. The van der Waals surface area contributed by atoms with Gasteiger partial charge in [-0.2, -0.15) is 0 Å². The Morgan fingerprint density at radius 3 is 2.84 bits per heavy atom. The number of hydrogen-bond acceptors (Lipinski definition) is 6. The molecule has 7 nitrogen and oxygen atoms in total. The Balaban J connectivity index is 1.52. The SMILES string of the molecule is COc1cccc(OCc2nc(C(=O)NC3CCC(O)CC3)co2)c1. The summed E-state index contributed by atoms with van der Waals surface area (Å²) in [5.41, 5.74) is 0.232. The Labute approximate surface area is 146 Å². The molecule has 1 aromatic carbocycles. The molecule has 3 rings (SSSR count). The van der Waals surface area contributed by atoms with Gasteiger partial charge in [-0.25, -0.2) is 4.98 Å². The molecule has 25 heavy (non-hydrogen) atoms. The third-order valence-electron chi connectivity index (χ3n) is 4.22. The Morgan fingerprint density at radius 1 is 1.32 bits per heavy atom. The van der Waals surface area contributed by atoms with E-state index in [2.05, 4.69) is 10.3 Å². The van der Waals surface area contributed by atoms with Crippen LogP contribution in [0.4, 0.5) is 0 Å². The zero-order chi connectivity index (χ0) is 17.6. The summed E-state index contributed by atoms with van der Waals surface area (Å²) >= 11 is 0. The molecule has 1 aliphatic carbocycles. The summed E-state index contributed by atoms with van der Waals surface area (Å²) in [6.07, 6.45) is 4.05. The van der Waals surface area contributed by atoms with E-state index in [0.717, 1.165) is 12.8 Å². The summed E-state index contributed by atoms with van der Waals surface area (Å²) in [7, 11) is 1.59. The van der Waals surface area contributed by atoms with Crippen molar-refractivity contribution in [3.05, 3.63) is 42.1 Å². The van der Waals surface area contributed by atoms with E-state index in [4.69, 9.17) is 13.9 Å². The highest BCUT2D eigenvalue weighted by molar-refractivity contribution is 5.92. The van der Waals surface area contributed by atoms with E-state index in [-0.39, 0.29) is 30.4 Å². The molecule has 1 amide bonds. The van der Waals surface area contributed by atoms with E-state index in [1.54, 1.807) is 19.2 Å². The van der Waals surface area contributed by atoms with Crippen LogP contribution in [-0.2, 0) is 6.61 Å². The Kier molecular flexibility index (Phi) is 5.55. The third-order valence-corrected chi connectivity index (χ3v) is 4.22.